The van der Waals surface area contributed by atoms with Crippen LogP contribution in [0.5, 0.6) is 0 Å². The van der Waals surface area contributed by atoms with Crippen molar-refractivity contribution >= 4 is 11.9 Å². The lowest BCUT2D eigenvalue weighted by Gasteiger charge is -2.28. The third-order valence-corrected chi connectivity index (χ3v) is 3.62. The molecular formula is C14H25NO4. The Morgan fingerprint density at radius 2 is 2.16 bits per heavy atom. The molecule has 1 saturated heterocycles. The quantitative estimate of drug-likeness (QED) is 0.769. The minimum atomic E-state index is -0.866. The summed E-state index contributed by atoms with van der Waals surface area (Å²) < 4.78 is 5.60. The molecule has 2 unspecified atom stereocenters. The summed E-state index contributed by atoms with van der Waals surface area (Å²) in [5, 5.41) is 8.79. The number of rotatable bonds is 7. The first-order chi connectivity index (χ1) is 9.04. The van der Waals surface area contributed by atoms with Crippen molar-refractivity contribution in [1.82, 2.24) is 4.90 Å². The number of aliphatic carboxylic acids is 1. The second kappa shape index (κ2) is 8.15. The van der Waals surface area contributed by atoms with Crippen molar-refractivity contribution in [3.05, 3.63) is 0 Å². The number of carbonyl (C=O) groups is 2. The third-order valence-electron chi connectivity index (χ3n) is 3.62. The molecule has 0 bridgehead atoms. The van der Waals surface area contributed by atoms with Gasteiger partial charge in [-0.3, -0.25) is 9.59 Å². The van der Waals surface area contributed by atoms with Crippen LogP contribution in [0.1, 0.15) is 52.4 Å². The SMILES string of the molecule is CCN(C(=O)CCC1CCCCO1)C(C)CC(=O)O. The summed E-state index contributed by atoms with van der Waals surface area (Å²) in [4.78, 5) is 24.5. The van der Waals surface area contributed by atoms with E-state index in [-0.39, 0.29) is 24.5 Å². The molecule has 5 nitrogen and oxygen atoms in total. The van der Waals surface area contributed by atoms with E-state index in [4.69, 9.17) is 9.84 Å². The fourth-order valence-corrected chi connectivity index (χ4v) is 2.56. The number of hydrogen-bond donors (Lipinski definition) is 1. The predicted molar refractivity (Wildman–Crippen MR) is 71.9 cm³/mol. The number of carboxylic acids is 1. The average Bonchev–Trinajstić information content (AvgIpc) is 2.37. The summed E-state index contributed by atoms with van der Waals surface area (Å²) in [5.74, 6) is -0.834. The van der Waals surface area contributed by atoms with Gasteiger partial charge in [0.2, 0.25) is 5.91 Å². The van der Waals surface area contributed by atoms with E-state index in [0.29, 0.717) is 13.0 Å². The first-order valence-corrected chi connectivity index (χ1v) is 7.17. The summed E-state index contributed by atoms with van der Waals surface area (Å²) in [6.07, 6.45) is 4.71. The van der Waals surface area contributed by atoms with Gasteiger partial charge in [-0.15, -0.1) is 0 Å². The van der Waals surface area contributed by atoms with Crippen LogP contribution in [0, 0.1) is 0 Å². The highest BCUT2D eigenvalue weighted by atomic mass is 16.5. The summed E-state index contributed by atoms with van der Waals surface area (Å²) >= 11 is 0. The zero-order chi connectivity index (χ0) is 14.3. The highest BCUT2D eigenvalue weighted by Gasteiger charge is 2.22. The van der Waals surface area contributed by atoms with Gasteiger partial charge in [0.1, 0.15) is 0 Å². The van der Waals surface area contributed by atoms with Gasteiger partial charge in [0.25, 0.3) is 0 Å². The maximum Gasteiger partial charge on any atom is 0.305 e. The van der Waals surface area contributed by atoms with Gasteiger partial charge in [-0.2, -0.15) is 0 Å². The van der Waals surface area contributed by atoms with E-state index in [0.717, 1.165) is 25.9 Å². The molecule has 0 aromatic rings. The Morgan fingerprint density at radius 3 is 2.68 bits per heavy atom. The molecule has 2 atom stereocenters. The van der Waals surface area contributed by atoms with Crippen LogP contribution in [0.3, 0.4) is 0 Å². The van der Waals surface area contributed by atoms with Gasteiger partial charge >= 0.3 is 5.97 Å². The van der Waals surface area contributed by atoms with Crippen molar-refractivity contribution in [2.75, 3.05) is 13.2 Å². The van der Waals surface area contributed by atoms with Gasteiger partial charge in [0, 0.05) is 25.6 Å². The van der Waals surface area contributed by atoms with Crippen LogP contribution in [0.2, 0.25) is 0 Å². The lowest BCUT2D eigenvalue weighted by Crippen LogP contribution is -2.40. The van der Waals surface area contributed by atoms with Gasteiger partial charge in [0.05, 0.1) is 12.5 Å². The molecular weight excluding hydrogens is 246 g/mol. The number of carboxylic acid groups (broad SMARTS) is 1. The van der Waals surface area contributed by atoms with Crippen LogP contribution < -0.4 is 0 Å². The number of amides is 1. The minimum absolute atomic E-state index is 0.000488. The Bertz CT molecular complexity index is 300. The first kappa shape index (κ1) is 16.0. The third kappa shape index (κ3) is 5.59. The molecule has 0 aromatic carbocycles. The van der Waals surface area contributed by atoms with E-state index in [2.05, 4.69) is 0 Å². The maximum absolute atomic E-state index is 12.1. The van der Waals surface area contributed by atoms with Gasteiger partial charge in [-0.1, -0.05) is 0 Å². The monoisotopic (exact) mass is 271 g/mol. The minimum Gasteiger partial charge on any atom is -0.481 e. The molecule has 1 heterocycles. The van der Waals surface area contributed by atoms with Crippen LogP contribution in [0.25, 0.3) is 0 Å². The van der Waals surface area contributed by atoms with Gasteiger partial charge < -0.3 is 14.7 Å². The maximum atomic E-state index is 12.1. The number of ether oxygens (including phenoxy) is 1. The second-order valence-corrected chi connectivity index (χ2v) is 5.15. The zero-order valence-electron chi connectivity index (χ0n) is 11.9. The van der Waals surface area contributed by atoms with Crippen molar-refractivity contribution in [3.63, 3.8) is 0 Å². The van der Waals surface area contributed by atoms with Crippen LogP contribution in [0.15, 0.2) is 0 Å². The van der Waals surface area contributed by atoms with Crippen LogP contribution >= 0.6 is 0 Å². The molecule has 0 aliphatic carbocycles. The van der Waals surface area contributed by atoms with Crippen molar-refractivity contribution < 1.29 is 19.4 Å². The molecule has 0 spiro atoms. The Morgan fingerprint density at radius 1 is 1.42 bits per heavy atom. The smallest absolute Gasteiger partial charge is 0.305 e. The number of carbonyl (C=O) groups excluding carboxylic acids is 1. The highest BCUT2D eigenvalue weighted by molar-refractivity contribution is 5.77. The Labute approximate surface area is 114 Å². The predicted octanol–water partition coefficient (Wildman–Crippen LogP) is 2.05. The first-order valence-electron chi connectivity index (χ1n) is 7.17. The van der Waals surface area contributed by atoms with Crippen LogP contribution in [0.4, 0.5) is 0 Å². The van der Waals surface area contributed by atoms with Gasteiger partial charge in [-0.05, 0) is 39.5 Å². The van der Waals surface area contributed by atoms with E-state index in [1.807, 2.05) is 6.92 Å². The lowest BCUT2D eigenvalue weighted by atomic mass is 10.0. The molecule has 1 rings (SSSR count). The van der Waals surface area contributed by atoms with Crippen molar-refractivity contribution in [2.24, 2.45) is 0 Å². The lowest BCUT2D eigenvalue weighted by molar-refractivity contribution is -0.140. The number of hydrogen-bond acceptors (Lipinski definition) is 3. The van der Waals surface area contributed by atoms with Crippen molar-refractivity contribution in [1.29, 1.82) is 0 Å². The summed E-state index contributed by atoms with van der Waals surface area (Å²) in [6, 6.07) is -0.248. The van der Waals surface area contributed by atoms with E-state index < -0.39 is 5.97 Å². The normalized spacial score (nSPS) is 20.8. The standard InChI is InChI=1S/C14H25NO4/c1-3-15(11(2)10-14(17)18)13(16)8-7-12-6-4-5-9-19-12/h11-12H,3-10H2,1-2H3,(H,17,18). The Hall–Kier alpha value is -1.10. The van der Waals surface area contributed by atoms with Gasteiger partial charge in [-0.25, -0.2) is 0 Å². The molecule has 1 aliphatic rings. The van der Waals surface area contributed by atoms with Crippen molar-refractivity contribution in [2.45, 2.75) is 64.5 Å². The van der Waals surface area contributed by atoms with Gasteiger partial charge in [0.15, 0.2) is 0 Å². The van der Waals surface area contributed by atoms with E-state index >= 15 is 0 Å². The molecule has 1 N–H and O–H groups in total. The van der Waals surface area contributed by atoms with E-state index in [9.17, 15) is 9.59 Å². The highest BCUT2D eigenvalue weighted by Crippen LogP contribution is 2.18. The zero-order valence-corrected chi connectivity index (χ0v) is 11.9. The Balaban J connectivity index is 2.37. The molecule has 1 amide bonds. The molecule has 0 aromatic heterocycles. The van der Waals surface area contributed by atoms with Crippen LogP contribution in [-0.4, -0.2) is 47.2 Å². The molecule has 1 aliphatic heterocycles. The fourth-order valence-electron chi connectivity index (χ4n) is 2.56. The largest absolute Gasteiger partial charge is 0.481 e. The molecule has 1 fully saturated rings. The molecule has 0 radical (unpaired) electrons. The fraction of sp³-hybridized carbons (Fsp3) is 0.857. The summed E-state index contributed by atoms with van der Waals surface area (Å²) in [6.45, 7) is 5.02. The molecule has 19 heavy (non-hydrogen) atoms. The summed E-state index contributed by atoms with van der Waals surface area (Å²) in [7, 11) is 0. The Kier molecular flexibility index (Phi) is 6.84. The second-order valence-electron chi connectivity index (χ2n) is 5.15. The molecule has 5 heteroatoms. The van der Waals surface area contributed by atoms with E-state index in [1.165, 1.54) is 6.42 Å². The molecule has 110 valence electrons. The van der Waals surface area contributed by atoms with Crippen molar-refractivity contribution in [3.8, 4) is 0 Å². The average molecular weight is 271 g/mol. The molecule has 0 saturated carbocycles. The summed E-state index contributed by atoms with van der Waals surface area (Å²) in [5.41, 5.74) is 0. The number of nitrogens with zero attached hydrogens (tertiary/aromatic N) is 1. The van der Waals surface area contributed by atoms with Crippen LogP contribution in [-0.2, 0) is 14.3 Å². The van der Waals surface area contributed by atoms with E-state index in [1.54, 1.807) is 11.8 Å². The topological polar surface area (TPSA) is 66.8 Å².